The van der Waals surface area contributed by atoms with E-state index in [4.69, 9.17) is 14.5 Å². The largest absolute Gasteiger partial charge is 0.497 e. The quantitative estimate of drug-likeness (QED) is 0.372. The minimum absolute atomic E-state index is 0.202. The van der Waals surface area contributed by atoms with Gasteiger partial charge in [0.2, 0.25) is 0 Å². The van der Waals surface area contributed by atoms with Crippen molar-refractivity contribution in [1.82, 2.24) is 20.9 Å². The lowest BCUT2D eigenvalue weighted by atomic mass is 10.2. The van der Waals surface area contributed by atoms with Crippen LogP contribution in [0.25, 0.3) is 0 Å². The molecule has 1 atom stereocenters. The third-order valence-corrected chi connectivity index (χ3v) is 5.14. The van der Waals surface area contributed by atoms with Gasteiger partial charge in [0.15, 0.2) is 0 Å². The molecule has 0 aliphatic carbocycles. The number of anilines is 2. The first-order valence-corrected chi connectivity index (χ1v) is 10.7. The van der Waals surface area contributed by atoms with E-state index in [-0.39, 0.29) is 12.1 Å². The molecule has 1 aromatic heterocycles. The van der Waals surface area contributed by atoms with Crippen LogP contribution in [0.4, 0.5) is 11.5 Å². The third kappa shape index (κ3) is 5.92. The summed E-state index contributed by atoms with van der Waals surface area (Å²) in [6.07, 6.45) is 3.98. The molecule has 0 saturated heterocycles. The fraction of sp³-hybridized carbons (Fsp3) is 0.348. The van der Waals surface area contributed by atoms with E-state index in [9.17, 15) is 4.79 Å². The molecule has 0 bridgehead atoms. The van der Waals surface area contributed by atoms with Gasteiger partial charge in [-0.25, -0.2) is 9.98 Å². The van der Waals surface area contributed by atoms with Gasteiger partial charge in [-0.05, 0) is 12.1 Å². The van der Waals surface area contributed by atoms with Crippen LogP contribution < -0.4 is 36.1 Å². The number of amidine groups is 1. The van der Waals surface area contributed by atoms with Crippen molar-refractivity contribution in [3.63, 3.8) is 0 Å². The van der Waals surface area contributed by atoms with Crippen molar-refractivity contribution in [2.75, 3.05) is 38.9 Å². The van der Waals surface area contributed by atoms with Crippen molar-refractivity contribution in [1.29, 1.82) is 0 Å². The number of hydrogen-bond acceptors (Lipinski definition) is 9. The number of aromatic nitrogens is 1. The van der Waals surface area contributed by atoms with Crippen molar-refractivity contribution in [2.45, 2.75) is 26.1 Å². The number of nitrogens with zero attached hydrogens (tertiary/aromatic N) is 2. The number of ether oxygens (including phenoxy) is 2. The fourth-order valence-electron chi connectivity index (χ4n) is 3.35. The number of methoxy groups -OCH3 is 2. The van der Waals surface area contributed by atoms with Crippen molar-refractivity contribution in [3.8, 4) is 11.5 Å². The number of amides is 1. The lowest BCUT2D eigenvalue weighted by Gasteiger charge is -2.23. The molecule has 1 amide bonds. The summed E-state index contributed by atoms with van der Waals surface area (Å²) >= 11 is 0. The summed E-state index contributed by atoms with van der Waals surface area (Å²) in [6.45, 7) is 2.60. The monoisotopic (exact) mass is 453 g/mol. The summed E-state index contributed by atoms with van der Waals surface area (Å²) < 4.78 is 10.8. The average Bonchev–Trinajstić information content (AvgIpc) is 2.86. The van der Waals surface area contributed by atoms with E-state index < -0.39 is 0 Å². The summed E-state index contributed by atoms with van der Waals surface area (Å²) in [5, 5.41) is 15.6. The van der Waals surface area contributed by atoms with Gasteiger partial charge in [0.05, 0.1) is 25.5 Å². The molecule has 176 valence electrons. The number of nitrogens with one attached hydrogen (secondary N) is 5. The number of pyridine rings is 1. The van der Waals surface area contributed by atoms with E-state index in [0.29, 0.717) is 23.6 Å². The van der Waals surface area contributed by atoms with Gasteiger partial charge in [0.1, 0.15) is 35.1 Å². The van der Waals surface area contributed by atoms with Gasteiger partial charge in [-0.3, -0.25) is 10.1 Å². The average molecular weight is 454 g/mol. The molecule has 1 aliphatic rings. The van der Waals surface area contributed by atoms with Crippen LogP contribution in [-0.2, 0) is 6.54 Å². The maximum absolute atomic E-state index is 12.0. The van der Waals surface area contributed by atoms with E-state index in [1.807, 2.05) is 31.2 Å². The van der Waals surface area contributed by atoms with Gasteiger partial charge in [0, 0.05) is 51.0 Å². The maximum atomic E-state index is 12.0. The topological polar surface area (TPSA) is 121 Å². The number of carbonyl (C=O) groups is 1. The Morgan fingerprint density at radius 3 is 2.67 bits per heavy atom. The zero-order chi connectivity index (χ0) is 23.8. The van der Waals surface area contributed by atoms with Gasteiger partial charge in [-0.2, -0.15) is 0 Å². The fourth-order valence-corrected chi connectivity index (χ4v) is 3.35. The second-order valence-electron chi connectivity index (χ2n) is 7.21. The van der Waals surface area contributed by atoms with E-state index in [2.05, 4.69) is 31.6 Å². The van der Waals surface area contributed by atoms with Crippen LogP contribution in [-0.4, -0.2) is 51.2 Å². The molecule has 0 radical (unpaired) electrons. The summed E-state index contributed by atoms with van der Waals surface area (Å²) in [7, 11) is 6.62. The summed E-state index contributed by atoms with van der Waals surface area (Å²) in [4.78, 5) is 21.1. The van der Waals surface area contributed by atoms with Crippen LogP contribution in [0.3, 0.4) is 0 Å². The molecule has 1 unspecified atom stereocenters. The first-order chi connectivity index (χ1) is 16.0. The van der Waals surface area contributed by atoms with Crippen molar-refractivity contribution in [2.24, 2.45) is 4.99 Å². The van der Waals surface area contributed by atoms with Gasteiger partial charge < -0.3 is 30.7 Å². The van der Waals surface area contributed by atoms with Gasteiger partial charge >= 0.3 is 0 Å². The SMILES string of the molecule is CCC1=NC(NCc2ccc(OC)cc2OC)C=C(Nc2cc(NC)c(C(=O)NC)cn2)N1. The van der Waals surface area contributed by atoms with Crippen LogP contribution in [0, 0.1) is 0 Å². The smallest absolute Gasteiger partial charge is 0.254 e. The van der Waals surface area contributed by atoms with Gasteiger partial charge in [-0.15, -0.1) is 0 Å². The highest BCUT2D eigenvalue weighted by atomic mass is 16.5. The lowest BCUT2D eigenvalue weighted by molar-refractivity contribution is 0.0963. The molecule has 1 aromatic carbocycles. The van der Waals surface area contributed by atoms with Gasteiger partial charge in [0.25, 0.3) is 5.91 Å². The van der Waals surface area contributed by atoms with E-state index in [1.165, 1.54) is 6.20 Å². The van der Waals surface area contributed by atoms with Crippen molar-refractivity contribution in [3.05, 3.63) is 53.5 Å². The van der Waals surface area contributed by atoms with E-state index >= 15 is 0 Å². The molecule has 10 heteroatoms. The Hall–Kier alpha value is -3.79. The summed E-state index contributed by atoms with van der Waals surface area (Å²) in [5.74, 6) is 3.48. The van der Waals surface area contributed by atoms with Crippen LogP contribution in [0.5, 0.6) is 11.5 Å². The Bertz CT molecular complexity index is 1050. The third-order valence-electron chi connectivity index (χ3n) is 5.14. The predicted molar refractivity (Wildman–Crippen MR) is 130 cm³/mol. The zero-order valence-corrected chi connectivity index (χ0v) is 19.6. The first kappa shape index (κ1) is 23.9. The highest BCUT2D eigenvalue weighted by Crippen LogP contribution is 2.25. The second-order valence-corrected chi connectivity index (χ2v) is 7.21. The molecule has 1 aliphatic heterocycles. The molecule has 5 N–H and O–H groups in total. The van der Waals surface area contributed by atoms with Crippen LogP contribution in [0.2, 0.25) is 0 Å². The molecular formula is C23H31N7O3. The second kappa shape index (κ2) is 11.2. The Labute approximate surface area is 193 Å². The zero-order valence-electron chi connectivity index (χ0n) is 19.6. The Balaban J connectivity index is 1.75. The molecule has 10 nitrogen and oxygen atoms in total. The van der Waals surface area contributed by atoms with E-state index in [0.717, 1.165) is 35.1 Å². The highest BCUT2D eigenvalue weighted by molar-refractivity contribution is 5.99. The predicted octanol–water partition coefficient (Wildman–Crippen LogP) is 2.28. The Morgan fingerprint density at radius 1 is 1.18 bits per heavy atom. The number of hydrogen-bond donors (Lipinski definition) is 5. The van der Waals surface area contributed by atoms with Crippen molar-refractivity contribution >= 4 is 23.2 Å². The molecule has 0 fully saturated rings. The number of aliphatic imine (C=N–C) groups is 1. The molecule has 0 spiro atoms. The lowest BCUT2D eigenvalue weighted by Crippen LogP contribution is -2.38. The number of carbonyl (C=O) groups excluding carboxylic acids is 1. The normalized spacial score (nSPS) is 15.0. The minimum atomic E-state index is -0.246. The molecule has 0 saturated carbocycles. The highest BCUT2D eigenvalue weighted by Gasteiger charge is 2.17. The van der Waals surface area contributed by atoms with Gasteiger partial charge in [-0.1, -0.05) is 13.0 Å². The van der Waals surface area contributed by atoms with E-state index in [1.54, 1.807) is 34.4 Å². The standard InChI is InChI=1S/C23H31N7O3/c1-6-19-28-21(26-12-14-7-8-15(32-4)9-18(14)33-5)11-22(29-19)30-20-10-17(24-2)16(13-27-20)23(31)25-3/h7-11,13,21,26H,6,12H2,1-5H3,(H,25,31)(H,28,29)(H2,24,27,30). The number of rotatable bonds is 10. The Kier molecular flexibility index (Phi) is 8.09. The molecule has 3 rings (SSSR count). The number of benzene rings is 1. The summed E-state index contributed by atoms with van der Waals surface area (Å²) in [5.41, 5.74) is 2.15. The maximum Gasteiger partial charge on any atom is 0.254 e. The summed E-state index contributed by atoms with van der Waals surface area (Å²) in [6, 6.07) is 7.51. The Morgan fingerprint density at radius 2 is 2.00 bits per heavy atom. The molecule has 2 heterocycles. The van der Waals surface area contributed by atoms with Crippen LogP contribution >= 0.6 is 0 Å². The molecular weight excluding hydrogens is 422 g/mol. The molecule has 2 aromatic rings. The minimum Gasteiger partial charge on any atom is -0.497 e. The van der Waals surface area contributed by atoms with Crippen LogP contribution in [0.1, 0.15) is 29.3 Å². The van der Waals surface area contributed by atoms with Crippen molar-refractivity contribution < 1.29 is 14.3 Å². The van der Waals surface area contributed by atoms with Crippen LogP contribution in [0.15, 0.2) is 47.4 Å². The first-order valence-electron chi connectivity index (χ1n) is 10.7. The molecule has 33 heavy (non-hydrogen) atoms.